The highest BCUT2D eigenvalue weighted by molar-refractivity contribution is 5.97. The molecule has 0 fully saturated rings. The Balaban J connectivity index is 3.12. The van der Waals surface area contributed by atoms with Crippen molar-refractivity contribution in [2.24, 2.45) is 0 Å². The van der Waals surface area contributed by atoms with Gasteiger partial charge in [0.05, 0.1) is 24.3 Å². The van der Waals surface area contributed by atoms with Crippen LogP contribution in [0, 0.1) is 11.3 Å². The standard InChI is InChI=1S/C10H11N3O2/c1-12-13-10(14)8-5-7(6-11)3-4-9(8)15-2/h3-5,12H,1-2H3,(H,13,14). The Kier molecular flexibility index (Phi) is 3.66. The minimum Gasteiger partial charge on any atom is -0.496 e. The van der Waals surface area contributed by atoms with Crippen molar-refractivity contribution in [3.05, 3.63) is 29.3 Å². The maximum atomic E-state index is 11.5. The molecule has 5 nitrogen and oxygen atoms in total. The molecule has 2 N–H and O–H groups in total. The third kappa shape index (κ3) is 2.45. The molecule has 0 aliphatic heterocycles. The first-order valence-corrected chi connectivity index (χ1v) is 4.28. The van der Waals surface area contributed by atoms with Crippen LogP contribution in [0.5, 0.6) is 5.75 Å². The first kappa shape index (κ1) is 11.0. The topological polar surface area (TPSA) is 74.1 Å². The lowest BCUT2D eigenvalue weighted by Crippen LogP contribution is -2.34. The quantitative estimate of drug-likeness (QED) is 0.702. The van der Waals surface area contributed by atoms with Crippen molar-refractivity contribution in [1.82, 2.24) is 10.9 Å². The zero-order chi connectivity index (χ0) is 11.3. The summed E-state index contributed by atoms with van der Waals surface area (Å²) in [4.78, 5) is 11.5. The van der Waals surface area contributed by atoms with Gasteiger partial charge in [0.25, 0.3) is 5.91 Å². The fourth-order valence-electron chi connectivity index (χ4n) is 1.14. The van der Waals surface area contributed by atoms with Gasteiger partial charge in [-0.05, 0) is 18.2 Å². The number of rotatable bonds is 3. The molecule has 0 aliphatic carbocycles. The summed E-state index contributed by atoms with van der Waals surface area (Å²) >= 11 is 0. The van der Waals surface area contributed by atoms with Crippen LogP contribution in [-0.4, -0.2) is 20.1 Å². The first-order valence-electron chi connectivity index (χ1n) is 4.28. The first-order chi connectivity index (χ1) is 7.22. The third-order valence-corrected chi connectivity index (χ3v) is 1.81. The molecule has 5 heteroatoms. The number of amides is 1. The van der Waals surface area contributed by atoms with E-state index in [4.69, 9.17) is 10.00 Å². The van der Waals surface area contributed by atoms with Gasteiger partial charge in [-0.25, -0.2) is 5.43 Å². The molecule has 0 spiro atoms. The monoisotopic (exact) mass is 205 g/mol. The van der Waals surface area contributed by atoms with Crippen LogP contribution in [0.25, 0.3) is 0 Å². The van der Waals surface area contributed by atoms with Crippen LogP contribution in [0.3, 0.4) is 0 Å². The van der Waals surface area contributed by atoms with E-state index in [9.17, 15) is 4.79 Å². The molecule has 0 saturated heterocycles. The summed E-state index contributed by atoms with van der Waals surface area (Å²) in [5, 5.41) is 8.70. The summed E-state index contributed by atoms with van der Waals surface area (Å²) in [6.07, 6.45) is 0. The summed E-state index contributed by atoms with van der Waals surface area (Å²) in [5.41, 5.74) is 5.67. The smallest absolute Gasteiger partial charge is 0.269 e. The molecule has 0 saturated carbocycles. The van der Waals surface area contributed by atoms with Crippen LogP contribution in [0.15, 0.2) is 18.2 Å². The zero-order valence-electron chi connectivity index (χ0n) is 8.50. The van der Waals surface area contributed by atoms with E-state index in [1.807, 2.05) is 6.07 Å². The minimum absolute atomic E-state index is 0.325. The highest BCUT2D eigenvalue weighted by Crippen LogP contribution is 2.19. The number of methoxy groups -OCH3 is 1. The number of nitrogens with zero attached hydrogens (tertiary/aromatic N) is 1. The molecule has 0 bridgehead atoms. The number of carbonyl (C=O) groups excluding carboxylic acids is 1. The SMILES string of the molecule is CNNC(=O)c1cc(C#N)ccc1OC. The molecule has 0 heterocycles. The number of hydrogen-bond donors (Lipinski definition) is 2. The van der Waals surface area contributed by atoms with Crippen LogP contribution in [-0.2, 0) is 0 Å². The molecule has 1 amide bonds. The van der Waals surface area contributed by atoms with Gasteiger partial charge in [0.1, 0.15) is 5.75 Å². The molecule has 0 radical (unpaired) electrons. The lowest BCUT2D eigenvalue weighted by molar-refractivity contribution is 0.0935. The molecule has 0 aromatic heterocycles. The maximum absolute atomic E-state index is 11.5. The van der Waals surface area contributed by atoms with Crippen LogP contribution in [0.2, 0.25) is 0 Å². The number of hydrogen-bond acceptors (Lipinski definition) is 4. The number of ether oxygens (including phenoxy) is 1. The van der Waals surface area contributed by atoms with Gasteiger partial charge in [-0.15, -0.1) is 0 Å². The van der Waals surface area contributed by atoms with Gasteiger partial charge in [0, 0.05) is 7.05 Å². The van der Waals surface area contributed by atoms with Gasteiger partial charge < -0.3 is 4.74 Å². The molecule has 0 unspecified atom stereocenters. The van der Waals surface area contributed by atoms with Crippen LogP contribution >= 0.6 is 0 Å². The molecule has 78 valence electrons. The number of nitrogens with one attached hydrogen (secondary N) is 2. The Bertz CT molecular complexity index is 410. The Labute approximate surface area is 87.6 Å². The van der Waals surface area contributed by atoms with E-state index in [2.05, 4.69) is 10.9 Å². The molecule has 1 aromatic carbocycles. The predicted molar refractivity (Wildman–Crippen MR) is 54.2 cm³/mol. The number of benzene rings is 1. The van der Waals surface area contributed by atoms with Crippen molar-refractivity contribution in [3.63, 3.8) is 0 Å². The normalized spacial score (nSPS) is 9.13. The van der Waals surface area contributed by atoms with E-state index in [1.165, 1.54) is 13.2 Å². The number of nitriles is 1. The van der Waals surface area contributed by atoms with Crippen molar-refractivity contribution in [2.45, 2.75) is 0 Å². The maximum Gasteiger partial charge on any atom is 0.269 e. The number of hydrazine groups is 1. The third-order valence-electron chi connectivity index (χ3n) is 1.81. The van der Waals surface area contributed by atoms with Gasteiger partial charge in [-0.3, -0.25) is 10.2 Å². The van der Waals surface area contributed by atoms with Gasteiger partial charge in [0.2, 0.25) is 0 Å². The summed E-state index contributed by atoms with van der Waals surface area (Å²) in [7, 11) is 3.05. The minimum atomic E-state index is -0.341. The molecule has 1 rings (SSSR count). The fraction of sp³-hybridized carbons (Fsp3) is 0.200. The zero-order valence-corrected chi connectivity index (χ0v) is 8.50. The lowest BCUT2D eigenvalue weighted by Gasteiger charge is -2.08. The Morgan fingerprint density at radius 2 is 2.27 bits per heavy atom. The second-order valence-corrected chi connectivity index (χ2v) is 2.73. The average molecular weight is 205 g/mol. The van der Waals surface area contributed by atoms with E-state index < -0.39 is 0 Å². The van der Waals surface area contributed by atoms with Crippen LogP contribution in [0.4, 0.5) is 0 Å². The van der Waals surface area contributed by atoms with Gasteiger partial charge >= 0.3 is 0 Å². The van der Waals surface area contributed by atoms with Crippen molar-refractivity contribution >= 4 is 5.91 Å². The van der Waals surface area contributed by atoms with Gasteiger partial charge in [0.15, 0.2) is 0 Å². The van der Waals surface area contributed by atoms with Gasteiger partial charge in [-0.2, -0.15) is 5.26 Å². The van der Waals surface area contributed by atoms with Crippen molar-refractivity contribution in [1.29, 1.82) is 5.26 Å². The summed E-state index contributed by atoms with van der Waals surface area (Å²) in [6, 6.07) is 6.62. The van der Waals surface area contributed by atoms with E-state index in [1.54, 1.807) is 19.2 Å². The molecule has 0 aliphatic rings. The van der Waals surface area contributed by atoms with Gasteiger partial charge in [-0.1, -0.05) is 0 Å². The van der Waals surface area contributed by atoms with E-state index in [-0.39, 0.29) is 5.91 Å². The molecular weight excluding hydrogens is 194 g/mol. The molecular formula is C10H11N3O2. The molecule has 15 heavy (non-hydrogen) atoms. The predicted octanol–water partition coefficient (Wildman–Crippen LogP) is 0.431. The highest BCUT2D eigenvalue weighted by atomic mass is 16.5. The Morgan fingerprint density at radius 3 is 2.80 bits per heavy atom. The van der Waals surface area contributed by atoms with Crippen molar-refractivity contribution in [2.75, 3.05) is 14.2 Å². The molecule has 1 aromatic rings. The summed E-state index contributed by atoms with van der Waals surface area (Å²) in [6.45, 7) is 0. The largest absolute Gasteiger partial charge is 0.496 e. The van der Waals surface area contributed by atoms with Crippen LogP contribution in [0.1, 0.15) is 15.9 Å². The number of carbonyl (C=O) groups is 1. The molecule has 0 atom stereocenters. The summed E-state index contributed by atoms with van der Waals surface area (Å²) in [5.74, 6) is 0.0909. The van der Waals surface area contributed by atoms with Crippen LogP contribution < -0.4 is 15.6 Å². The fourth-order valence-corrected chi connectivity index (χ4v) is 1.14. The lowest BCUT2D eigenvalue weighted by atomic mass is 10.1. The second kappa shape index (κ2) is 4.98. The second-order valence-electron chi connectivity index (χ2n) is 2.73. The highest BCUT2D eigenvalue weighted by Gasteiger charge is 2.11. The van der Waals surface area contributed by atoms with Crippen molar-refractivity contribution in [3.8, 4) is 11.8 Å². The van der Waals surface area contributed by atoms with E-state index in [0.29, 0.717) is 16.9 Å². The average Bonchev–Trinajstić information content (AvgIpc) is 2.28. The Morgan fingerprint density at radius 1 is 1.53 bits per heavy atom. The summed E-state index contributed by atoms with van der Waals surface area (Å²) < 4.78 is 5.01. The van der Waals surface area contributed by atoms with Crippen molar-refractivity contribution < 1.29 is 9.53 Å². The Hall–Kier alpha value is -2.06. The van der Waals surface area contributed by atoms with E-state index >= 15 is 0 Å². The van der Waals surface area contributed by atoms with E-state index in [0.717, 1.165) is 0 Å².